The molecule has 1 unspecified atom stereocenters. The lowest BCUT2D eigenvalue weighted by Crippen LogP contribution is -2.33. The molecule has 0 aliphatic heterocycles. The number of hydrogen-bond acceptors (Lipinski definition) is 4. The van der Waals surface area contributed by atoms with E-state index in [1.807, 2.05) is 13.1 Å². The Balaban J connectivity index is 1.35. The number of nitrogens with one attached hydrogen (secondary N) is 1. The first kappa shape index (κ1) is 16.5. The number of benzene rings is 1. The lowest BCUT2D eigenvalue weighted by Gasteiger charge is -2.26. The van der Waals surface area contributed by atoms with Crippen LogP contribution in [-0.2, 0) is 17.8 Å². The minimum Gasteiger partial charge on any atom is -0.357 e. The third-order valence-electron chi connectivity index (χ3n) is 6.11. The minimum absolute atomic E-state index is 0.121. The van der Waals surface area contributed by atoms with E-state index in [9.17, 15) is 4.79 Å². The summed E-state index contributed by atoms with van der Waals surface area (Å²) in [5, 5.41) is 5.32. The van der Waals surface area contributed by atoms with Crippen molar-refractivity contribution in [3.63, 3.8) is 0 Å². The van der Waals surface area contributed by atoms with Crippen LogP contribution in [0.1, 0.15) is 66.9 Å². The molecule has 2 aliphatic rings. The molecule has 6 heteroatoms. The first-order chi connectivity index (χ1) is 13.2. The Kier molecular flexibility index (Phi) is 3.99. The van der Waals surface area contributed by atoms with Gasteiger partial charge in [0.15, 0.2) is 5.82 Å². The Hall–Kier alpha value is -2.63. The molecule has 0 spiro atoms. The number of nitrogens with zero attached hydrogens (tertiary/aromatic N) is 3. The van der Waals surface area contributed by atoms with Gasteiger partial charge in [0.25, 0.3) is 0 Å². The number of likely N-dealkylation sites (N-methyl/N-ethyl adjacent to an activating group) is 1. The topological polar surface area (TPSA) is 75.0 Å². The summed E-state index contributed by atoms with van der Waals surface area (Å²) in [5.41, 5.74) is 3.51. The summed E-state index contributed by atoms with van der Waals surface area (Å²) in [7, 11) is 1.83. The summed E-state index contributed by atoms with van der Waals surface area (Å²) in [6, 6.07) is 8.32. The third kappa shape index (κ3) is 2.83. The van der Waals surface area contributed by atoms with Gasteiger partial charge >= 0.3 is 0 Å². The summed E-state index contributed by atoms with van der Waals surface area (Å²) in [6.45, 7) is 0.390. The third-order valence-corrected chi connectivity index (χ3v) is 6.11. The highest BCUT2D eigenvalue weighted by Gasteiger charge is 2.32. The number of para-hydroxylation sites is 1. The average Bonchev–Trinajstić information content (AvgIpc) is 3.24. The molecular weight excluding hydrogens is 340 g/mol. The Bertz CT molecular complexity index is 985. The summed E-state index contributed by atoms with van der Waals surface area (Å²) < 4.78 is 5.39. The second-order valence-electron chi connectivity index (χ2n) is 7.88. The maximum atomic E-state index is 13.2. The Morgan fingerprint density at radius 2 is 2.11 bits per heavy atom. The van der Waals surface area contributed by atoms with Gasteiger partial charge < -0.3 is 14.4 Å². The number of aromatic amines is 1. The van der Waals surface area contributed by atoms with Crippen molar-refractivity contribution in [2.45, 2.75) is 56.9 Å². The summed E-state index contributed by atoms with van der Waals surface area (Å²) in [6.07, 6.45) is 6.43. The normalized spacial score (nSPS) is 19.7. The standard InChI is InChI=1S/C21H24N4O2/c1-25(12-18-23-20(27-24-18)13-6-4-7-13)21(26)16-10-5-9-15-14-8-2-3-11-17(14)22-19(15)16/h2-3,8,11,13,16,22H,4-7,9-10,12H2,1H3. The molecule has 1 N–H and O–H groups in total. The molecule has 1 saturated carbocycles. The summed E-state index contributed by atoms with van der Waals surface area (Å²) in [4.78, 5) is 22.9. The van der Waals surface area contributed by atoms with Crippen molar-refractivity contribution >= 4 is 16.8 Å². The van der Waals surface area contributed by atoms with Crippen LogP contribution in [0.3, 0.4) is 0 Å². The molecule has 2 heterocycles. The van der Waals surface area contributed by atoms with Gasteiger partial charge in [-0.05, 0) is 43.7 Å². The van der Waals surface area contributed by atoms with E-state index in [0.29, 0.717) is 18.3 Å². The van der Waals surface area contributed by atoms with Gasteiger partial charge in [0.2, 0.25) is 11.8 Å². The van der Waals surface area contributed by atoms with Crippen LogP contribution in [0, 0.1) is 0 Å². The number of amides is 1. The van der Waals surface area contributed by atoms with Gasteiger partial charge in [0.05, 0.1) is 12.5 Å². The van der Waals surface area contributed by atoms with E-state index in [4.69, 9.17) is 4.52 Å². The monoisotopic (exact) mass is 364 g/mol. The van der Waals surface area contributed by atoms with E-state index in [0.717, 1.165) is 49.2 Å². The zero-order valence-electron chi connectivity index (χ0n) is 15.6. The largest absolute Gasteiger partial charge is 0.357 e. The number of rotatable bonds is 4. The SMILES string of the molecule is CN(Cc1noc(C2CCC2)n1)C(=O)C1CCCc2c1[nH]c1ccccc21. The van der Waals surface area contributed by atoms with E-state index in [-0.39, 0.29) is 11.8 Å². The van der Waals surface area contributed by atoms with Crippen LogP contribution in [0.4, 0.5) is 0 Å². The van der Waals surface area contributed by atoms with Crippen molar-refractivity contribution in [1.29, 1.82) is 0 Å². The van der Waals surface area contributed by atoms with E-state index in [2.05, 4.69) is 33.3 Å². The van der Waals surface area contributed by atoms with E-state index >= 15 is 0 Å². The fourth-order valence-corrected chi connectivity index (χ4v) is 4.37. The van der Waals surface area contributed by atoms with Crippen molar-refractivity contribution < 1.29 is 9.32 Å². The molecule has 0 saturated heterocycles. The molecule has 2 aromatic heterocycles. The molecule has 0 bridgehead atoms. The van der Waals surface area contributed by atoms with Crippen LogP contribution in [0.2, 0.25) is 0 Å². The smallest absolute Gasteiger partial charge is 0.231 e. The maximum Gasteiger partial charge on any atom is 0.231 e. The van der Waals surface area contributed by atoms with Crippen LogP contribution in [0.5, 0.6) is 0 Å². The van der Waals surface area contributed by atoms with Gasteiger partial charge in [0, 0.05) is 29.6 Å². The van der Waals surface area contributed by atoms with Crippen LogP contribution in [-0.4, -0.2) is 33.0 Å². The summed E-state index contributed by atoms with van der Waals surface area (Å²) in [5.74, 6) is 1.74. The van der Waals surface area contributed by atoms with Gasteiger partial charge in [-0.15, -0.1) is 0 Å². The zero-order valence-corrected chi connectivity index (χ0v) is 15.6. The molecule has 0 radical (unpaired) electrons. The molecule has 2 aliphatic carbocycles. The van der Waals surface area contributed by atoms with Crippen LogP contribution in [0.25, 0.3) is 10.9 Å². The molecule has 5 rings (SSSR count). The van der Waals surface area contributed by atoms with Gasteiger partial charge in [-0.1, -0.05) is 29.8 Å². The van der Waals surface area contributed by atoms with Gasteiger partial charge in [-0.25, -0.2) is 0 Å². The zero-order chi connectivity index (χ0) is 18.4. The highest BCUT2D eigenvalue weighted by molar-refractivity contribution is 5.90. The Labute approximate surface area is 157 Å². The molecule has 27 heavy (non-hydrogen) atoms. The fourth-order valence-electron chi connectivity index (χ4n) is 4.37. The minimum atomic E-state index is -0.121. The van der Waals surface area contributed by atoms with Crippen molar-refractivity contribution in [3.8, 4) is 0 Å². The molecule has 1 fully saturated rings. The maximum absolute atomic E-state index is 13.2. The predicted molar refractivity (Wildman–Crippen MR) is 101 cm³/mol. The van der Waals surface area contributed by atoms with E-state index in [1.165, 1.54) is 17.4 Å². The number of aryl methyl sites for hydroxylation is 1. The van der Waals surface area contributed by atoms with Crippen LogP contribution in [0.15, 0.2) is 28.8 Å². The van der Waals surface area contributed by atoms with Crippen molar-refractivity contribution in [1.82, 2.24) is 20.0 Å². The van der Waals surface area contributed by atoms with Crippen LogP contribution < -0.4 is 0 Å². The quantitative estimate of drug-likeness (QED) is 0.762. The lowest BCUT2D eigenvalue weighted by atomic mass is 9.85. The number of aromatic nitrogens is 3. The van der Waals surface area contributed by atoms with Gasteiger partial charge in [-0.3, -0.25) is 4.79 Å². The highest BCUT2D eigenvalue weighted by atomic mass is 16.5. The van der Waals surface area contributed by atoms with Crippen molar-refractivity contribution in [2.24, 2.45) is 0 Å². The van der Waals surface area contributed by atoms with Gasteiger partial charge in [0.1, 0.15) is 0 Å². The van der Waals surface area contributed by atoms with E-state index in [1.54, 1.807) is 4.90 Å². The average molecular weight is 364 g/mol. The molecule has 1 amide bonds. The first-order valence-corrected chi connectivity index (χ1v) is 9.87. The van der Waals surface area contributed by atoms with Crippen LogP contribution >= 0.6 is 0 Å². The number of carbonyl (C=O) groups is 1. The van der Waals surface area contributed by atoms with E-state index < -0.39 is 0 Å². The second kappa shape index (κ2) is 6.51. The van der Waals surface area contributed by atoms with Crippen molar-refractivity contribution in [3.05, 3.63) is 47.2 Å². The predicted octanol–water partition coefficient (Wildman–Crippen LogP) is 3.90. The highest BCUT2D eigenvalue weighted by Crippen LogP contribution is 2.37. The molecule has 3 aromatic rings. The second-order valence-corrected chi connectivity index (χ2v) is 7.88. The fraction of sp³-hybridized carbons (Fsp3) is 0.476. The van der Waals surface area contributed by atoms with Crippen molar-refractivity contribution in [2.75, 3.05) is 7.05 Å². The molecule has 140 valence electrons. The molecule has 6 nitrogen and oxygen atoms in total. The lowest BCUT2D eigenvalue weighted by molar-refractivity contribution is -0.132. The Morgan fingerprint density at radius 1 is 1.26 bits per heavy atom. The number of carbonyl (C=O) groups excluding carboxylic acids is 1. The molecule has 1 aromatic carbocycles. The summed E-state index contributed by atoms with van der Waals surface area (Å²) >= 11 is 0. The van der Waals surface area contributed by atoms with Gasteiger partial charge in [-0.2, -0.15) is 4.98 Å². The Morgan fingerprint density at radius 3 is 2.93 bits per heavy atom. The number of H-pyrrole nitrogens is 1. The number of fused-ring (bicyclic) bond motifs is 3. The molecule has 1 atom stereocenters. The number of hydrogen-bond donors (Lipinski definition) is 1. The first-order valence-electron chi connectivity index (χ1n) is 9.87. The molecular formula is C21H24N4O2.